The number of rotatable bonds is 3. The van der Waals surface area contributed by atoms with Crippen molar-refractivity contribution in [2.24, 2.45) is 11.8 Å². The van der Waals surface area contributed by atoms with Crippen molar-refractivity contribution >= 4 is 21.8 Å². The van der Waals surface area contributed by atoms with E-state index in [1.54, 1.807) is 0 Å². The Labute approximate surface area is 109 Å². The Morgan fingerprint density at radius 2 is 1.94 bits per heavy atom. The third-order valence-electron chi connectivity index (χ3n) is 3.70. The number of hydrogen-bond acceptors (Lipinski definition) is 2. The van der Waals surface area contributed by atoms with Crippen LogP contribution in [0.2, 0.25) is 0 Å². The Bertz CT molecular complexity index is 422. The van der Waals surface area contributed by atoms with Gasteiger partial charge in [0.15, 0.2) is 0 Å². The van der Waals surface area contributed by atoms with E-state index >= 15 is 0 Å². The zero-order chi connectivity index (χ0) is 11.8. The first-order chi connectivity index (χ1) is 8.24. The van der Waals surface area contributed by atoms with Crippen LogP contribution in [-0.2, 0) is 11.2 Å². The first-order valence-electron chi connectivity index (χ1n) is 5.98. The van der Waals surface area contributed by atoms with Crippen molar-refractivity contribution in [2.75, 3.05) is 13.1 Å². The fourth-order valence-corrected chi connectivity index (χ4v) is 2.92. The fourth-order valence-electron chi connectivity index (χ4n) is 2.66. The van der Waals surface area contributed by atoms with E-state index in [1.807, 2.05) is 24.3 Å². The van der Waals surface area contributed by atoms with Crippen LogP contribution in [0.25, 0.3) is 0 Å². The topological polar surface area (TPSA) is 41.1 Å². The number of carbonyl (C=O) groups is 1. The summed E-state index contributed by atoms with van der Waals surface area (Å²) in [7, 11) is 0. The lowest BCUT2D eigenvalue weighted by molar-refractivity contribution is -0.120. The summed E-state index contributed by atoms with van der Waals surface area (Å²) >= 11 is 3.39. The first kappa shape index (κ1) is 11.2. The van der Waals surface area contributed by atoms with Gasteiger partial charge in [0.05, 0.1) is 6.42 Å². The van der Waals surface area contributed by atoms with Gasteiger partial charge in [0, 0.05) is 23.6 Å². The van der Waals surface area contributed by atoms with E-state index in [4.69, 9.17) is 0 Å². The van der Waals surface area contributed by atoms with Crippen LogP contribution in [0.1, 0.15) is 5.56 Å². The summed E-state index contributed by atoms with van der Waals surface area (Å²) in [6, 6.07) is 8.34. The number of hydrogen-bond donors (Lipinski definition) is 2. The number of piperidine rings is 1. The Hall–Kier alpha value is -0.870. The maximum absolute atomic E-state index is 11.8. The third-order valence-corrected chi connectivity index (χ3v) is 4.23. The molecule has 0 aromatic heterocycles. The Morgan fingerprint density at radius 3 is 2.59 bits per heavy atom. The maximum Gasteiger partial charge on any atom is 0.224 e. The number of fused-ring (bicyclic) bond motifs is 1. The lowest BCUT2D eigenvalue weighted by Gasteiger charge is -2.07. The quantitative estimate of drug-likeness (QED) is 0.883. The minimum atomic E-state index is 0.145. The number of amides is 1. The zero-order valence-electron chi connectivity index (χ0n) is 9.45. The average molecular weight is 295 g/mol. The van der Waals surface area contributed by atoms with Crippen LogP contribution in [0.5, 0.6) is 0 Å². The van der Waals surface area contributed by atoms with E-state index < -0.39 is 0 Å². The summed E-state index contributed by atoms with van der Waals surface area (Å²) in [6.07, 6.45) is 0.483. The van der Waals surface area contributed by atoms with Crippen LogP contribution in [0, 0.1) is 11.8 Å². The summed E-state index contributed by atoms with van der Waals surface area (Å²) in [5.41, 5.74) is 1.06. The normalized spacial score (nSPS) is 29.8. The second-order valence-electron chi connectivity index (χ2n) is 4.88. The van der Waals surface area contributed by atoms with Gasteiger partial charge < -0.3 is 10.6 Å². The van der Waals surface area contributed by atoms with Crippen LogP contribution in [0.4, 0.5) is 0 Å². The molecule has 1 heterocycles. The molecule has 1 aromatic carbocycles. The second-order valence-corrected chi connectivity index (χ2v) is 5.80. The number of halogens is 1. The standard InChI is InChI=1S/C13H15BrN2O/c14-9-3-1-8(2-4-9)5-12(17)16-13-10-6-15-7-11(10)13/h1-4,10-11,13,15H,5-7H2,(H,16,17). The Balaban J connectivity index is 1.52. The molecule has 1 saturated carbocycles. The molecule has 3 rings (SSSR count). The summed E-state index contributed by atoms with van der Waals surface area (Å²) in [6.45, 7) is 2.13. The molecule has 0 spiro atoms. The van der Waals surface area contributed by atoms with Crippen LogP contribution in [0.15, 0.2) is 28.7 Å². The maximum atomic E-state index is 11.8. The Morgan fingerprint density at radius 1 is 1.29 bits per heavy atom. The minimum Gasteiger partial charge on any atom is -0.352 e. The van der Waals surface area contributed by atoms with Gasteiger partial charge >= 0.3 is 0 Å². The van der Waals surface area contributed by atoms with Crippen LogP contribution in [-0.4, -0.2) is 25.0 Å². The van der Waals surface area contributed by atoms with E-state index in [0.717, 1.165) is 23.1 Å². The molecule has 1 amide bonds. The van der Waals surface area contributed by atoms with Crippen molar-refractivity contribution in [1.82, 2.24) is 10.6 Å². The lowest BCUT2D eigenvalue weighted by Crippen LogP contribution is -2.33. The van der Waals surface area contributed by atoms with Gasteiger partial charge in [-0.15, -0.1) is 0 Å². The number of carbonyl (C=O) groups excluding carboxylic acids is 1. The highest BCUT2D eigenvalue weighted by Crippen LogP contribution is 2.41. The van der Waals surface area contributed by atoms with Crippen molar-refractivity contribution in [3.05, 3.63) is 34.3 Å². The highest BCUT2D eigenvalue weighted by atomic mass is 79.9. The second kappa shape index (κ2) is 4.42. The third kappa shape index (κ3) is 2.38. The zero-order valence-corrected chi connectivity index (χ0v) is 11.0. The van der Waals surface area contributed by atoms with Gasteiger partial charge in [-0.25, -0.2) is 0 Å². The lowest BCUT2D eigenvalue weighted by atomic mass is 10.1. The molecule has 0 bridgehead atoms. The molecule has 90 valence electrons. The molecule has 1 aliphatic heterocycles. The molecule has 17 heavy (non-hydrogen) atoms. The summed E-state index contributed by atoms with van der Waals surface area (Å²) in [5, 5.41) is 6.45. The van der Waals surface area contributed by atoms with Crippen LogP contribution in [0.3, 0.4) is 0 Å². The van der Waals surface area contributed by atoms with Gasteiger partial charge in [-0.2, -0.15) is 0 Å². The molecular formula is C13H15BrN2O. The summed E-state index contributed by atoms with van der Waals surface area (Å²) in [4.78, 5) is 11.8. The van der Waals surface area contributed by atoms with Crippen LogP contribution >= 0.6 is 15.9 Å². The highest BCUT2D eigenvalue weighted by Gasteiger charge is 2.53. The average Bonchev–Trinajstić information content (AvgIpc) is 2.77. The van der Waals surface area contributed by atoms with E-state index in [0.29, 0.717) is 24.3 Å². The number of benzene rings is 1. The van der Waals surface area contributed by atoms with Crippen molar-refractivity contribution in [2.45, 2.75) is 12.5 Å². The van der Waals surface area contributed by atoms with Crippen molar-refractivity contribution in [1.29, 1.82) is 0 Å². The molecule has 2 fully saturated rings. The van der Waals surface area contributed by atoms with Gasteiger partial charge in [0.2, 0.25) is 5.91 Å². The monoisotopic (exact) mass is 294 g/mol. The van der Waals surface area contributed by atoms with Gasteiger partial charge in [0.25, 0.3) is 0 Å². The molecule has 0 radical (unpaired) electrons. The number of nitrogens with one attached hydrogen (secondary N) is 2. The van der Waals surface area contributed by atoms with Gasteiger partial charge in [0.1, 0.15) is 0 Å². The molecule has 2 atom stereocenters. The molecule has 2 unspecified atom stereocenters. The fraction of sp³-hybridized carbons (Fsp3) is 0.462. The predicted octanol–water partition coefficient (Wildman–Crippen LogP) is 1.33. The largest absolute Gasteiger partial charge is 0.352 e. The summed E-state index contributed by atoms with van der Waals surface area (Å²) in [5.74, 6) is 1.51. The molecule has 3 nitrogen and oxygen atoms in total. The summed E-state index contributed by atoms with van der Waals surface area (Å²) < 4.78 is 1.05. The highest BCUT2D eigenvalue weighted by molar-refractivity contribution is 9.10. The molecule has 1 aliphatic carbocycles. The smallest absolute Gasteiger partial charge is 0.224 e. The van der Waals surface area contributed by atoms with Gasteiger partial charge in [-0.05, 0) is 29.5 Å². The molecule has 2 aliphatic rings. The molecule has 1 aromatic rings. The Kier molecular flexibility index (Phi) is 2.92. The van der Waals surface area contributed by atoms with Gasteiger partial charge in [-0.3, -0.25) is 4.79 Å². The van der Waals surface area contributed by atoms with E-state index in [-0.39, 0.29) is 5.91 Å². The van der Waals surface area contributed by atoms with Crippen LogP contribution < -0.4 is 10.6 Å². The minimum absolute atomic E-state index is 0.145. The first-order valence-corrected chi connectivity index (χ1v) is 6.78. The molecule has 2 N–H and O–H groups in total. The molecule has 4 heteroatoms. The van der Waals surface area contributed by atoms with E-state index in [9.17, 15) is 4.79 Å². The molecule has 1 saturated heterocycles. The SMILES string of the molecule is O=C(Cc1ccc(Br)cc1)NC1C2CNCC21. The van der Waals surface area contributed by atoms with Crippen molar-refractivity contribution in [3.63, 3.8) is 0 Å². The van der Waals surface area contributed by atoms with Gasteiger partial charge in [-0.1, -0.05) is 28.1 Å². The predicted molar refractivity (Wildman–Crippen MR) is 69.6 cm³/mol. The van der Waals surface area contributed by atoms with E-state index in [2.05, 4.69) is 26.6 Å². The van der Waals surface area contributed by atoms with Crippen molar-refractivity contribution in [3.8, 4) is 0 Å². The van der Waals surface area contributed by atoms with Crippen molar-refractivity contribution < 1.29 is 4.79 Å². The molecular weight excluding hydrogens is 280 g/mol. The van der Waals surface area contributed by atoms with E-state index in [1.165, 1.54) is 0 Å².